The van der Waals surface area contributed by atoms with Crippen molar-refractivity contribution in [1.29, 1.82) is 0 Å². The van der Waals surface area contributed by atoms with Crippen molar-refractivity contribution >= 4 is 0 Å². The van der Waals surface area contributed by atoms with E-state index in [4.69, 9.17) is 18.9 Å². The van der Waals surface area contributed by atoms with Crippen LogP contribution >= 0.6 is 0 Å². The predicted octanol–water partition coefficient (Wildman–Crippen LogP) is 6.94. The van der Waals surface area contributed by atoms with E-state index in [2.05, 4.69) is 20.8 Å². The number of rotatable bonds is 6. The molecule has 0 atom stereocenters. The summed E-state index contributed by atoms with van der Waals surface area (Å²) in [5.74, 6) is 2.51. The molecule has 2 aliphatic heterocycles. The van der Waals surface area contributed by atoms with Gasteiger partial charge in [0, 0.05) is 42.0 Å². The van der Waals surface area contributed by atoms with Gasteiger partial charge in [-0.25, -0.2) is 0 Å². The summed E-state index contributed by atoms with van der Waals surface area (Å²) in [6.07, 6.45) is 0.589. The second-order valence-corrected chi connectivity index (χ2v) is 12.5. The van der Waals surface area contributed by atoms with E-state index in [1.165, 1.54) is 0 Å². The van der Waals surface area contributed by atoms with Gasteiger partial charge >= 0.3 is 0 Å². The van der Waals surface area contributed by atoms with Crippen LogP contribution in [0.1, 0.15) is 71.2 Å². The van der Waals surface area contributed by atoms with Crippen LogP contribution in [0.15, 0.2) is 48.5 Å². The van der Waals surface area contributed by atoms with Gasteiger partial charge < -0.3 is 39.4 Å². The third kappa shape index (κ3) is 5.33. The molecule has 4 aromatic carbocycles. The first-order chi connectivity index (χ1) is 20.4. The third-order valence-electron chi connectivity index (χ3n) is 8.25. The Hall–Kier alpha value is -4.72. The van der Waals surface area contributed by atoms with Gasteiger partial charge in [-0.3, -0.25) is 0 Å². The van der Waals surface area contributed by atoms with Crippen LogP contribution in [0.25, 0.3) is 0 Å². The van der Waals surface area contributed by atoms with E-state index in [1.54, 1.807) is 24.3 Å². The molecule has 0 unspecified atom stereocenters. The zero-order chi connectivity index (χ0) is 30.6. The van der Waals surface area contributed by atoms with Gasteiger partial charge in [-0.2, -0.15) is 0 Å². The molecule has 0 spiro atoms. The molecule has 2 aliphatic rings. The molecular formula is C35H36O8. The molecule has 2 heterocycles. The van der Waals surface area contributed by atoms with Crippen molar-refractivity contribution in [2.45, 2.75) is 53.4 Å². The molecule has 0 bridgehead atoms. The fraction of sp³-hybridized carbons (Fsp3) is 0.314. The fourth-order valence-electron chi connectivity index (χ4n) is 6.20. The van der Waals surface area contributed by atoms with Gasteiger partial charge in [-0.05, 0) is 64.8 Å². The van der Waals surface area contributed by atoms with Gasteiger partial charge in [0.15, 0.2) is 23.0 Å². The summed E-state index contributed by atoms with van der Waals surface area (Å²) in [5, 5.41) is 43.6. The maximum atomic E-state index is 11.1. The van der Waals surface area contributed by atoms with Crippen LogP contribution in [0.3, 0.4) is 0 Å². The van der Waals surface area contributed by atoms with E-state index < -0.39 is 0 Å². The quantitative estimate of drug-likeness (QED) is 0.192. The fourth-order valence-corrected chi connectivity index (χ4v) is 6.20. The molecule has 0 amide bonds. The molecule has 4 aromatic rings. The number of phenolic OH excluding ortho intramolecular Hbond substituents is 4. The van der Waals surface area contributed by atoms with Gasteiger partial charge in [-0.1, -0.05) is 45.0 Å². The molecule has 0 saturated heterocycles. The Bertz CT molecular complexity index is 1610. The smallest absolute Gasteiger partial charge is 0.231 e. The summed E-state index contributed by atoms with van der Waals surface area (Å²) in [5.41, 5.74) is 5.80. The second kappa shape index (κ2) is 10.5. The number of hydrogen-bond acceptors (Lipinski definition) is 8. The summed E-state index contributed by atoms with van der Waals surface area (Å²) in [7, 11) is 0. The highest BCUT2D eigenvalue weighted by Crippen LogP contribution is 2.46. The molecular weight excluding hydrogens is 548 g/mol. The number of phenols is 4. The van der Waals surface area contributed by atoms with E-state index in [-0.39, 0.29) is 47.9 Å². The lowest BCUT2D eigenvalue weighted by Crippen LogP contribution is -2.20. The van der Waals surface area contributed by atoms with Crippen LogP contribution in [0.2, 0.25) is 0 Å². The molecule has 224 valence electrons. The first-order valence-electron chi connectivity index (χ1n) is 14.3. The lowest BCUT2D eigenvalue weighted by molar-refractivity contribution is 0.173. The molecule has 0 aliphatic carbocycles. The van der Waals surface area contributed by atoms with Crippen LogP contribution in [0.4, 0.5) is 0 Å². The van der Waals surface area contributed by atoms with E-state index >= 15 is 0 Å². The lowest BCUT2D eigenvalue weighted by Gasteiger charge is -2.33. The lowest BCUT2D eigenvalue weighted by atomic mass is 9.71. The van der Waals surface area contributed by atoms with Crippen LogP contribution in [-0.2, 0) is 12.8 Å². The normalized spacial score (nSPS) is 13.6. The Morgan fingerprint density at radius 2 is 0.930 bits per heavy atom. The molecule has 8 heteroatoms. The average Bonchev–Trinajstić information content (AvgIpc) is 3.58. The zero-order valence-electron chi connectivity index (χ0n) is 24.9. The number of fused-ring (bicyclic) bond motifs is 2. The molecule has 0 saturated carbocycles. The topological polar surface area (TPSA) is 118 Å². The monoisotopic (exact) mass is 584 g/mol. The summed E-state index contributed by atoms with van der Waals surface area (Å²) in [4.78, 5) is 0. The average molecular weight is 585 g/mol. The van der Waals surface area contributed by atoms with Crippen molar-refractivity contribution in [2.75, 3.05) is 13.6 Å². The number of aryl methyl sites for hydroxylation is 2. The Morgan fingerprint density at radius 3 is 1.30 bits per heavy atom. The third-order valence-corrected chi connectivity index (χ3v) is 8.25. The molecule has 0 aromatic heterocycles. The van der Waals surface area contributed by atoms with E-state index in [1.807, 2.05) is 38.1 Å². The van der Waals surface area contributed by atoms with Gasteiger partial charge in [0.2, 0.25) is 13.6 Å². The zero-order valence-corrected chi connectivity index (χ0v) is 24.9. The van der Waals surface area contributed by atoms with Crippen molar-refractivity contribution in [1.82, 2.24) is 0 Å². The van der Waals surface area contributed by atoms with Gasteiger partial charge in [0.25, 0.3) is 0 Å². The summed E-state index contributed by atoms with van der Waals surface area (Å²) in [6.45, 7) is 10.4. The minimum Gasteiger partial charge on any atom is -0.508 e. The highest BCUT2D eigenvalue weighted by atomic mass is 16.7. The Balaban J connectivity index is 1.40. The second-order valence-electron chi connectivity index (χ2n) is 12.5. The molecule has 4 N–H and O–H groups in total. The molecule has 0 radical (unpaired) electrons. The number of hydrogen-bond donors (Lipinski definition) is 4. The Kier molecular flexibility index (Phi) is 6.95. The van der Waals surface area contributed by atoms with E-state index in [0.29, 0.717) is 58.1 Å². The van der Waals surface area contributed by atoms with Crippen molar-refractivity contribution in [3.8, 4) is 46.0 Å². The Labute approximate surface area is 250 Å². The number of ether oxygens (including phenoxy) is 4. The van der Waals surface area contributed by atoms with Gasteiger partial charge in [-0.15, -0.1) is 0 Å². The maximum Gasteiger partial charge on any atom is 0.231 e. The molecule has 43 heavy (non-hydrogen) atoms. The predicted molar refractivity (Wildman–Crippen MR) is 161 cm³/mol. The minimum atomic E-state index is -0.247. The van der Waals surface area contributed by atoms with Crippen molar-refractivity contribution in [3.05, 3.63) is 93.0 Å². The van der Waals surface area contributed by atoms with Crippen LogP contribution in [-0.4, -0.2) is 34.0 Å². The molecule has 8 nitrogen and oxygen atoms in total. The maximum absolute atomic E-state index is 11.1. The van der Waals surface area contributed by atoms with Gasteiger partial charge in [0.05, 0.1) is 0 Å². The van der Waals surface area contributed by atoms with Gasteiger partial charge in [0.1, 0.15) is 23.0 Å². The van der Waals surface area contributed by atoms with E-state index in [0.717, 1.165) is 22.3 Å². The summed E-state index contributed by atoms with van der Waals surface area (Å²) in [6, 6.07) is 14.6. The first-order valence-corrected chi connectivity index (χ1v) is 14.3. The molecule has 6 rings (SSSR count). The van der Waals surface area contributed by atoms with Crippen LogP contribution in [0.5, 0.6) is 46.0 Å². The SMILES string of the molecule is Cc1cc(C(c2cc(C)c(O)c(Cc3cc4c(cc3O)OCO4)c2)C(C)(C)C)cc(Cc2cc3c(cc2O)OCO3)c1O. The van der Waals surface area contributed by atoms with Crippen LogP contribution in [0, 0.1) is 19.3 Å². The summed E-state index contributed by atoms with van der Waals surface area (Å²) >= 11 is 0. The number of aromatic hydroxyl groups is 4. The van der Waals surface area contributed by atoms with Crippen LogP contribution < -0.4 is 18.9 Å². The minimum absolute atomic E-state index is 0.0737. The first kappa shape index (κ1) is 28.4. The Morgan fingerprint density at radius 1 is 0.558 bits per heavy atom. The van der Waals surface area contributed by atoms with Crippen molar-refractivity contribution in [3.63, 3.8) is 0 Å². The highest BCUT2D eigenvalue weighted by molar-refractivity contribution is 5.57. The van der Waals surface area contributed by atoms with E-state index in [9.17, 15) is 20.4 Å². The standard InChI is InChI=1S/C35H36O8/c1-18-6-22(10-24(33(18)38)8-20-12-28-30(14-26(20)36)42-16-40-28)32(35(3,4)5)23-7-19(2)34(39)25(11-23)9-21-13-29-31(15-27(21)37)43-17-41-29/h6-7,10-15,32,36-39H,8-9,16-17H2,1-5H3. The molecule has 0 fully saturated rings. The highest BCUT2D eigenvalue weighted by Gasteiger charge is 2.31. The number of benzene rings is 4. The summed E-state index contributed by atoms with van der Waals surface area (Å²) < 4.78 is 21.8. The van der Waals surface area contributed by atoms with Crippen molar-refractivity contribution < 1.29 is 39.4 Å². The largest absolute Gasteiger partial charge is 0.508 e. The van der Waals surface area contributed by atoms with Crippen molar-refractivity contribution in [2.24, 2.45) is 5.41 Å².